The fraction of sp³-hybridized carbons (Fsp3) is 0.188. The molecule has 2 aromatic rings. The monoisotopic (exact) mass is 345 g/mol. The van der Waals surface area contributed by atoms with E-state index in [1.54, 1.807) is 0 Å². The predicted octanol–water partition coefficient (Wildman–Crippen LogP) is 5.34. The van der Waals surface area contributed by atoms with Crippen LogP contribution in [0.15, 0.2) is 42.5 Å². The molecule has 0 saturated carbocycles. The first-order valence-corrected chi connectivity index (χ1v) is 6.53. The van der Waals surface area contributed by atoms with E-state index in [0.29, 0.717) is 0 Å². The SMILES string of the molecule is N#CCc1ccc(C(F)(F)F)cc1-c1cccc(OC(F)(F)F)c1. The molecule has 0 spiro atoms. The van der Waals surface area contributed by atoms with Gasteiger partial charge in [-0.05, 0) is 41.0 Å². The normalized spacial score (nSPS) is 11.9. The second-order valence-electron chi connectivity index (χ2n) is 4.78. The maximum atomic E-state index is 12.9. The molecule has 0 bridgehead atoms. The number of hydrogen-bond donors (Lipinski definition) is 0. The van der Waals surface area contributed by atoms with Crippen molar-refractivity contribution in [3.8, 4) is 22.9 Å². The van der Waals surface area contributed by atoms with Gasteiger partial charge in [-0.15, -0.1) is 13.2 Å². The Balaban J connectivity index is 2.53. The molecule has 0 aliphatic heterocycles. The zero-order chi connectivity index (χ0) is 18.0. The van der Waals surface area contributed by atoms with Crippen molar-refractivity contribution in [3.05, 3.63) is 53.6 Å². The molecule has 0 saturated heterocycles. The molecule has 0 N–H and O–H groups in total. The first-order valence-electron chi connectivity index (χ1n) is 6.53. The fourth-order valence-corrected chi connectivity index (χ4v) is 2.12. The lowest BCUT2D eigenvalue weighted by Gasteiger charge is -2.14. The standard InChI is InChI=1S/C16H9F6NO/c17-15(18,19)12-5-4-10(6-7-23)14(9-12)11-2-1-3-13(8-11)24-16(20,21)22/h1-5,8-9H,6H2. The van der Waals surface area contributed by atoms with Gasteiger partial charge in [-0.2, -0.15) is 18.4 Å². The lowest BCUT2D eigenvalue weighted by Crippen LogP contribution is -2.17. The van der Waals surface area contributed by atoms with Gasteiger partial charge in [0.2, 0.25) is 0 Å². The summed E-state index contributed by atoms with van der Waals surface area (Å²) in [5.41, 5.74) is -0.567. The Morgan fingerprint density at radius 2 is 1.67 bits per heavy atom. The number of hydrogen-bond acceptors (Lipinski definition) is 2. The molecule has 2 rings (SSSR count). The number of rotatable bonds is 3. The van der Waals surface area contributed by atoms with Gasteiger partial charge in [-0.25, -0.2) is 0 Å². The average molecular weight is 345 g/mol. The second-order valence-corrected chi connectivity index (χ2v) is 4.78. The molecule has 0 aliphatic rings. The highest BCUT2D eigenvalue weighted by atomic mass is 19.4. The summed E-state index contributed by atoms with van der Waals surface area (Å²) in [6.07, 6.45) is -9.71. The number of alkyl halides is 6. The van der Waals surface area contributed by atoms with Crippen molar-refractivity contribution in [2.45, 2.75) is 19.0 Å². The van der Waals surface area contributed by atoms with Crippen LogP contribution in [0.1, 0.15) is 11.1 Å². The highest BCUT2D eigenvalue weighted by Gasteiger charge is 2.32. The van der Waals surface area contributed by atoms with Gasteiger partial charge >= 0.3 is 12.5 Å². The quantitative estimate of drug-likeness (QED) is 0.704. The summed E-state index contributed by atoms with van der Waals surface area (Å²) in [5.74, 6) is -0.555. The van der Waals surface area contributed by atoms with Gasteiger partial charge in [0.25, 0.3) is 0 Å². The van der Waals surface area contributed by atoms with E-state index in [9.17, 15) is 26.3 Å². The Hall–Kier alpha value is -2.69. The number of benzene rings is 2. The Morgan fingerprint density at radius 3 is 2.25 bits per heavy atom. The van der Waals surface area contributed by atoms with Crippen molar-refractivity contribution < 1.29 is 31.1 Å². The van der Waals surface area contributed by atoms with E-state index in [4.69, 9.17) is 5.26 Å². The number of ether oxygens (including phenoxy) is 1. The molecule has 0 heterocycles. The van der Waals surface area contributed by atoms with Crippen molar-refractivity contribution >= 4 is 0 Å². The zero-order valence-electron chi connectivity index (χ0n) is 11.9. The van der Waals surface area contributed by atoms with Crippen LogP contribution in [-0.2, 0) is 12.6 Å². The van der Waals surface area contributed by atoms with E-state index in [1.807, 2.05) is 6.07 Å². The maximum Gasteiger partial charge on any atom is 0.573 e. The minimum Gasteiger partial charge on any atom is -0.406 e. The van der Waals surface area contributed by atoms with Gasteiger partial charge in [0.05, 0.1) is 18.1 Å². The van der Waals surface area contributed by atoms with Crippen molar-refractivity contribution in [1.82, 2.24) is 0 Å². The van der Waals surface area contributed by atoms with Crippen molar-refractivity contribution in [2.24, 2.45) is 0 Å². The van der Waals surface area contributed by atoms with Crippen LogP contribution in [0.4, 0.5) is 26.3 Å². The lowest BCUT2D eigenvalue weighted by molar-refractivity contribution is -0.274. The van der Waals surface area contributed by atoms with Crippen LogP contribution in [0, 0.1) is 11.3 Å². The Bertz CT molecular complexity index is 773. The summed E-state index contributed by atoms with van der Waals surface area (Å²) in [6.45, 7) is 0. The molecule has 2 nitrogen and oxygen atoms in total. The van der Waals surface area contributed by atoms with Crippen molar-refractivity contribution in [3.63, 3.8) is 0 Å². The van der Waals surface area contributed by atoms with Gasteiger partial charge in [0.15, 0.2) is 0 Å². The molecule has 0 atom stereocenters. The number of nitriles is 1. The lowest BCUT2D eigenvalue weighted by atomic mass is 9.95. The van der Waals surface area contributed by atoms with Gasteiger partial charge in [0, 0.05) is 0 Å². The van der Waals surface area contributed by atoms with Crippen LogP contribution in [0.2, 0.25) is 0 Å². The van der Waals surface area contributed by atoms with E-state index >= 15 is 0 Å². The Morgan fingerprint density at radius 1 is 0.958 bits per heavy atom. The molecule has 0 radical (unpaired) electrons. The first-order chi connectivity index (χ1) is 11.1. The summed E-state index contributed by atoms with van der Waals surface area (Å²) in [7, 11) is 0. The van der Waals surface area contributed by atoms with E-state index < -0.39 is 23.9 Å². The van der Waals surface area contributed by atoms with Gasteiger partial charge in [-0.3, -0.25) is 0 Å². The largest absolute Gasteiger partial charge is 0.573 e. The molecule has 2 aromatic carbocycles. The maximum absolute atomic E-state index is 12.9. The molecular weight excluding hydrogens is 336 g/mol. The summed E-state index contributed by atoms with van der Waals surface area (Å²) in [4.78, 5) is 0. The molecule has 8 heteroatoms. The Labute approximate surface area is 132 Å². The van der Waals surface area contributed by atoms with Crippen LogP contribution < -0.4 is 4.74 Å². The summed E-state index contributed by atoms with van der Waals surface area (Å²) in [5, 5.41) is 8.78. The predicted molar refractivity (Wildman–Crippen MR) is 72.9 cm³/mol. The van der Waals surface area contributed by atoms with E-state index in [-0.39, 0.29) is 23.1 Å². The van der Waals surface area contributed by atoms with Crippen LogP contribution >= 0.6 is 0 Å². The smallest absolute Gasteiger partial charge is 0.406 e. The molecule has 0 amide bonds. The van der Waals surface area contributed by atoms with Gasteiger partial charge in [0.1, 0.15) is 5.75 Å². The molecular formula is C16H9F6NO. The summed E-state index contributed by atoms with van der Waals surface area (Å²) in [6, 6.07) is 9.17. The van der Waals surface area contributed by atoms with E-state index in [1.165, 1.54) is 12.1 Å². The third kappa shape index (κ3) is 4.41. The molecule has 24 heavy (non-hydrogen) atoms. The van der Waals surface area contributed by atoms with Crippen LogP contribution in [-0.4, -0.2) is 6.36 Å². The van der Waals surface area contributed by atoms with E-state index in [0.717, 1.165) is 30.3 Å². The van der Waals surface area contributed by atoms with E-state index in [2.05, 4.69) is 4.74 Å². The third-order valence-corrected chi connectivity index (χ3v) is 3.09. The molecule has 0 fully saturated rings. The summed E-state index contributed by atoms with van der Waals surface area (Å²) >= 11 is 0. The summed E-state index contributed by atoms with van der Waals surface area (Å²) < 4.78 is 79.2. The first kappa shape index (κ1) is 17.7. The molecule has 0 aliphatic carbocycles. The number of halogens is 6. The highest BCUT2D eigenvalue weighted by molar-refractivity contribution is 5.70. The molecule has 0 unspecified atom stereocenters. The fourth-order valence-electron chi connectivity index (χ4n) is 2.12. The van der Waals surface area contributed by atoms with Crippen LogP contribution in [0.3, 0.4) is 0 Å². The van der Waals surface area contributed by atoms with Crippen LogP contribution in [0.25, 0.3) is 11.1 Å². The van der Waals surface area contributed by atoms with Gasteiger partial charge in [-0.1, -0.05) is 18.2 Å². The third-order valence-electron chi connectivity index (χ3n) is 3.09. The van der Waals surface area contributed by atoms with Crippen molar-refractivity contribution in [1.29, 1.82) is 5.26 Å². The molecule has 0 aromatic heterocycles. The Kier molecular flexibility index (Phi) is 4.73. The van der Waals surface area contributed by atoms with Crippen LogP contribution in [0.5, 0.6) is 5.75 Å². The second kappa shape index (κ2) is 6.43. The topological polar surface area (TPSA) is 33.0 Å². The zero-order valence-corrected chi connectivity index (χ0v) is 11.9. The van der Waals surface area contributed by atoms with Gasteiger partial charge < -0.3 is 4.74 Å². The number of nitrogens with zero attached hydrogens (tertiary/aromatic N) is 1. The molecule has 126 valence electrons. The average Bonchev–Trinajstić information content (AvgIpc) is 2.45. The van der Waals surface area contributed by atoms with Crippen molar-refractivity contribution in [2.75, 3.05) is 0 Å². The minimum absolute atomic E-state index is 0.0269. The minimum atomic E-state index is -4.91. The highest BCUT2D eigenvalue weighted by Crippen LogP contribution is 2.35.